The molecule has 1 rings (SSSR count). The van der Waals surface area contributed by atoms with Crippen LogP contribution in [0.2, 0.25) is 5.02 Å². The SMILES string of the molecule is CNC(C)c1ccc(N(CCC#N)CC(C)C)c(Cl)c1. The van der Waals surface area contributed by atoms with Gasteiger partial charge in [-0.2, -0.15) is 5.26 Å². The molecular formula is C16H24ClN3. The number of benzene rings is 1. The first-order valence-electron chi connectivity index (χ1n) is 7.08. The number of nitrogens with one attached hydrogen (secondary N) is 1. The van der Waals surface area contributed by atoms with E-state index in [4.69, 9.17) is 16.9 Å². The summed E-state index contributed by atoms with van der Waals surface area (Å²) in [6.07, 6.45) is 0.512. The lowest BCUT2D eigenvalue weighted by molar-refractivity contribution is 0.611. The van der Waals surface area contributed by atoms with E-state index in [1.807, 2.05) is 13.1 Å². The van der Waals surface area contributed by atoms with Crippen molar-refractivity contribution in [3.63, 3.8) is 0 Å². The fourth-order valence-corrected chi connectivity index (χ4v) is 2.46. The number of halogens is 1. The molecule has 3 nitrogen and oxygen atoms in total. The molecule has 4 heteroatoms. The van der Waals surface area contributed by atoms with Gasteiger partial charge in [0, 0.05) is 19.1 Å². The highest BCUT2D eigenvalue weighted by Gasteiger charge is 2.13. The first kappa shape index (κ1) is 16.8. The molecule has 0 aliphatic rings. The number of rotatable bonds is 7. The van der Waals surface area contributed by atoms with Gasteiger partial charge in [0.1, 0.15) is 0 Å². The smallest absolute Gasteiger partial charge is 0.0642 e. The summed E-state index contributed by atoms with van der Waals surface area (Å²) in [5.41, 5.74) is 2.19. The van der Waals surface area contributed by atoms with Crippen molar-refractivity contribution in [2.75, 3.05) is 25.0 Å². The molecule has 0 aliphatic heterocycles. The fourth-order valence-electron chi connectivity index (χ4n) is 2.15. The zero-order valence-electron chi connectivity index (χ0n) is 12.8. The molecule has 0 spiro atoms. The van der Waals surface area contributed by atoms with Crippen LogP contribution in [0.3, 0.4) is 0 Å². The minimum atomic E-state index is 0.277. The molecule has 0 heterocycles. The maximum absolute atomic E-state index is 8.80. The second-order valence-electron chi connectivity index (χ2n) is 5.47. The van der Waals surface area contributed by atoms with Gasteiger partial charge in [-0.1, -0.05) is 31.5 Å². The van der Waals surface area contributed by atoms with Gasteiger partial charge in [-0.25, -0.2) is 0 Å². The van der Waals surface area contributed by atoms with Gasteiger partial charge in [-0.3, -0.25) is 0 Å². The van der Waals surface area contributed by atoms with Gasteiger partial charge < -0.3 is 10.2 Å². The molecule has 0 amide bonds. The van der Waals surface area contributed by atoms with E-state index in [1.165, 1.54) is 5.56 Å². The summed E-state index contributed by atoms with van der Waals surface area (Å²) in [5, 5.41) is 12.8. The molecule has 1 atom stereocenters. The molecule has 1 aromatic carbocycles. The first-order chi connectivity index (χ1) is 9.49. The van der Waals surface area contributed by atoms with Crippen molar-refractivity contribution in [1.29, 1.82) is 5.26 Å². The summed E-state index contributed by atoms with van der Waals surface area (Å²) in [7, 11) is 1.93. The number of nitrogens with zero attached hydrogens (tertiary/aromatic N) is 2. The number of hydrogen-bond donors (Lipinski definition) is 1. The topological polar surface area (TPSA) is 39.1 Å². The lowest BCUT2D eigenvalue weighted by Crippen LogP contribution is -2.28. The van der Waals surface area contributed by atoms with Gasteiger partial charge in [0.25, 0.3) is 0 Å². The molecule has 0 bridgehead atoms. The summed E-state index contributed by atoms with van der Waals surface area (Å²) < 4.78 is 0. The van der Waals surface area contributed by atoms with Crippen molar-refractivity contribution in [3.05, 3.63) is 28.8 Å². The third-order valence-electron chi connectivity index (χ3n) is 3.32. The maximum atomic E-state index is 8.80. The van der Waals surface area contributed by atoms with E-state index in [0.717, 1.165) is 23.8 Å². The van der Waals surface area contributed by atoms with E-state index in [0.29, 0.717) is 12.3 Å². The minimum absolute atomic E-state index is 0.277. The van der Waals surface area contributed by atoms with Gasteiger partial charge >= 0.3 is 0 Å². The molecule has 0 radical (unpaired) electrons. The molecule has 110 valence electrons. The fraction of sp³-hybridized carbons (Fsp3) is 0.562. The van der Waals surface area contributed by atoms with Gasteiger partial charge in [-0.15, -0.1) is 0 Å². The van der Waals surface area contributed by atoms with E-state index >= 15 is 0 Å². The normalized spacial score (nSPS) is 12.2. The summed E-state index contributed by atoms with van der Waals surface area (Å²) in [6, 6.07) is 8.65. The maximum Gasteiger partial charge on any atom is 0.0642 e. The second-order valence-corrected chi connectivity index (χ2v) is 5.88. The highest BCUT2D eigenvalue weighted by molar-refractivity contribution is 6.33. The number of hydrogen-bond acceptors (Lipinski definition) is 3. The predicted octanol–water partition coefficient (Wildman–Crippen LogP) is 4.00. The van der Waals surface area contributed by atoms with E-state index < -0.39 is 0 Å². The summed E-state index contributed by atoms with van der Waals surface area (Å²) in [4.78, 5) is 2.20. The molecule has 0 saturated heterocycles. The average molecular weight is 294 g/mol. The van der Waals surface area contributed by atoms with Crippen molar-refractivity contribution in [2.24, 2.45) is 5.92 Å². The molecule has 0 saturated carbocycles. The molecule has 20 heavy (non-hydrogen) atoms. The Hall–Kier alpha value is -1.24. The summed E-state index contributed by atoms with van der Waals surface area (Å²) >= 11 is 6.44. The predicted molar refractivity (Wildman–Crippen MR) is 86.2 cm³/mol. The monoisotopic (exact) mass is 293 g/mol. The molecule has 0 fully saturated rings. The second kappa shape index (κ2) is 8.14. The molecule has 0 aromatic heterocycles. The zero-order chi connectivity index (χ0) is 15.1. The summed E-state index contributed by atoms with van der Waals surface area (Å²) in [6.45, 7) is 8.07. The highest BCUT2D eigenvalue weighted by Crippen LogP contribution is 2.29. The summed E-state index contributed by atoms with van der Waals surface area (Å²) in [5.74, 6) is 0.528. The van der Waals surface area contributed by atoms with Gasteiger partial charge in [-0.05, 0) is 37.6 Å². The highest BCUT2D eigenvalue weighted by atomic mass is 35.5. The molecular weight excluding hydrogens is 270 g/mol. The van der Waals surface area contributed by atoms with Crippen LogP contribution in [-0.2, 0) is 0 Å². The van der Waals surface area contributed by atoms with Crippen molar-refractivity contribution in [3.8, 4) is 6.07 Å². The van der Waals surface area contributed by atoms with E-state index in [9.17, 15) is 0 Å². The third-order valence-corrected chi connectivity index (χ3v) is 3.63. The standard InChI is InChI=1S/C16H24ClN3/c1-12(2)11-20(9-5-8-18)16-7-6-14(10-15(16)17)13(3)19-4/h6-7,10,12-13,19H,5,9,11H2,1-4H3. The van der Waals surface area contributed by atoms with Crippen molar-refractivity contribution >= 4 is 17.3 Å². The van der Waals surface area contributed by atoms with Crippen molar-refractivity contribution in [2.45, 2.75) is 33.2 Å². The Morgan fingerprint density at radius 3 is 2.55 bits per heavy atom. The van der Waals surface area contributed by atoms with Crippen molar-refractivity contribution < 1.29 is 0 Å². The largest absolute Gasteiger partial charge is 0.369 e. The quantitative estimate of drug-likeness (QED) is 0.826. The Morgan fingerprint density at radius 2 is 2.05 bits per heavy atom. The molecule has 0 aliphatic carbocycles. The number of nitriles is 1. The Balaban J connectivity index is 2.98. The molecule has 1 aromatic rings. The van der Waals surface area contributed by atoms with Crippen LogP contribution in [0.5, 0.6) is 0 Å². The Morgan fingerprint density at radius 1 is 1.35 bits per heavy atom. The Bertz CT molecular complexity index is 465. The van der Waals surface area contributed by atoms with Gasteiger partial charge in [0.2, 0.25) is 0 Å². The van der Waals surface area contributed by atoms with Crippen molar-refractivity contribution in [1.82, 2.24) is 5.32 Å². The first-order valence-corrected chi connectivity index (χ1v) is 7.46. The third kappa shape index (κ3) is 4.70. The average Bonchev–Trinajstić information content (AvgIpc) is 2.42. The van der Waals surface area contributed by atoms with Crippen LogP contribution in [-0.4, -0.2) is 20.1 Å². The van der Waals surface area contributed by atoms with Crippen LogP contribution < -0.4 is 10.2 Å². The van der Waals surface area contributed by atoms with Gasteiger partial charge in [0.05, 0.1) is 23.2 Å². The Labute approximate surface area is 127 Å². The minimum Gasteiger partial charge on any atom is -0.369 e. The van der Waals surface area contributed by atoms with Crippen LogP contribution in [0.1, 0.15) is 38.8 Å². The molecule has 1 N–H and O–H groups in total. The van der Waals surface area contributed by atoms with Crippen LogP contribution in [0.4, 0.5) is 5.69 Å². The Kier molecular flexibility index (Phi) is 6.84. The van der Waals surface area contributed by atoms with Gasteiger partial charge in [0.15, 0.2) is 0 Å². The van der Waals surface area contributed by atoms with Crippen LogP contribution in [0.15, 0.2) is 18.2 Å². The van der Waals surface area contributed by atoms with E-state index in [1.54, 1.807) is 0 Å². The lowest BCUT2D eigenvalue weighted by Gasteiger charge is -2.27. The lowest BCUT2D eigenvalue weighted by atomic mass is 10.1. The van der Waals surface area contributed by atoms with E-state index in [-0.39, 0.29) is 6.04 Å². The zero-order valence-corrected chi connectivity index (χ0v) is 13.5. The number of anilines is 1. The molecule has 1 unspecified atom stereocenters. The van der Waals surface area contributed by atoms with E-state index in [2.05, 4.69) is 49.2 Å². The van der Waals surface area contributed by atoms with Crippen LogP contribution in [0.25, 0.3) is 0 Å². The van der Waals surface area contributed by atoms with Crippen LogP contribution in [0, 0.1) is 17.2 Å². The van der Waals surface area contributed by atoms with Crippen LogP contribution >= 0.6 is 11.6 Å².